The summed E-state index contributed by atoms with van der Waals surface area (Å²) in [6.07, 6.45) is 2.16. The number of hydrogen-bond donors (Lipinski definition) is 2. The van der Waals surface area contributed by atoms with Crippen molar-refractivity contribution in [1.29, 1.82) is 0 Å². The normalized spacial score (nSPS) is 21.9. The van der Waals surface area contributed by atoms with Crippen LogP contribution in [0.4, 0.5) is 11.4 Å². The molecule has 1 spiro atoms. The Bertz CT molecular complexity index is 995. The van der Waals surface area contributed by atoms with Gasteiger partial charge >= 0.3 is 0 Å². The number of rotatable bonds is 3. The predicted octanol–water partition coefficient (Wildman–Crippen LogP) is 4.33. The quantitative estimate of drug-likeness (QED) is 0.776. The van der Waals surface area contributed by atoms with E-state index in [0.717, 1.165) is 47.9 Å². The van der Waals surface area contributed by atoms with Crippen LogP contribution in [0.3, 0.4) is 0 Å². The summed E-state index contributed by atoms with van der Waals surface area (Å²) in [4.78, 5) is 20.3. The largest absolute Gasteiger partial charge is 0.496 e. The number of amides is 1. The molecule has 2 aliphatic rings. The van der Waals surface area contributed by atoms with Crippen LogP contribution in [0.2, 0.25) is 0 Å². The molecule has 0 radical (unpaired) electrons. The van der Waals surface area contributed by atoms with Gasteiger partial charge in [-0.05, 0) is 51.8 Å². The van der Waals surface area contributed by atoms with Gasteiger partial charge in [-0.3, -0.25) is 9.79 Å². The molecule has 0 saturated carbocycles. The van der Waals surface area contributed by atoms with Gasteiger partial charge in [-0.15, -0.1) is 0 Å². The molecule has 0 bridgehead atoms. The number of piperidine rings is 1. The number of anilines is 2. The minimum Gasteiger partial charge on any atom is -0.496 e. The molecule has 2 aromatic carbocycles. The maximum absolute atomic E-state index is 13.3. The van der Waals surface area contributed by atoms with Crippen molar-refractivity contribution in [3.8, 4) is 5.75 Å². The highest BCUT2D eigenvalue weighted by atomic mass is 16.5. The van der Waals surface area contributed by atoms with E-state index in [-0.39, 0.29) is 11.4 Å². The van der Waals surface area contributed by atoms with Gasteiger partial charge in [0.25, 0.3) is 0 Å². The van der Waals surface area contributed by atoms with Crippen LogP contribution in [-0.4, -0.2) is 47.9 Å². The van der Waals surface area contributed by atoms with E-state index in [1.54, 1.807) is 7.11 Å². The SMILES string of the molecule is COc1ccccc1CC(=O)N1CCC[C@@]2(C1)Nc1ccccc1NC2=NC(C)(C)C. The van der Waals surface area contributed by atoms with Crippen molar-refractivity contribution in [2.75, 3.05) is 30.8 Å². The van der Waals surface area contributed by atoms with Crippen molar-refractivity contribution >= 4 is 23.1 Å². The second-order valence-electron chi connectivity index (χ2n) is 9.42. The summed E-state index contributed by atoms with van der Waals surface area (Å²) in [6, 6.07) is 15.9. The van der Waals surface area contributed by atoms with Crippen LogP contribution in [0.5, 0.6) is 5.75 Å². The van der Waals surface area contributed by atoms with Crippen LogP contribution in [-0.2, 0) is 11.2 Å². The molecule has 4 rings (SSSR count). The summed E-state index contributed by atoms with van der Waals surface area (Å²) < 4.78 is 5.44. The minimum atomic E-state index is -0.420. The van der Waals surface area contributed by atoms with Crippen LogP contribution in [0.25, 0.3) is 0 Å². The lowest BCUT2D eigenvalue weighted by Crippen LogP contribution is -2.63. The third kappa shape index (κ3) is 4.53. The van der Waals surface area contributed by atoms with Gasteiger partial charge in [0.05, 0.1) is 37.0 Å². The van der Waals surface area contributed by atoms with Gasteiger partial charge in [0, 0.05) is 12.1 Å². The molecule has 2 aliphatic heterocycles. The van der Waals surface area contributed by atoms with Crippen molar-refractivity contribution in [1.82, 2.24) is 4.90 Å². The number of carbonyl (C=O) groups is 1. The van der Waals surface area contributed by atoms with Gasteiger partial charge in [0.2, 0.25) is 5.91 Å². The van der Waals surface area contributed by atoms with Crippen LogP contribution < -0.4 is 15.4 Å². The average Bonchev–Trinajstić information content (AvgIpc) is 2.74. The van der Waals surface area contributed by atoms with Crippen molar-refractivity contribution in [2.45, 2.75) is 51.1 Å². The third-order valence-electron chi connectivity index (χ3n) is 5.83. The molecule has 6 heteroatoms. The van der Waals surface area contributed by atoms with Crippen LogP contribution in [0, 0.1) is 0 Å². The molecular formula is C25H32N4O2. The van der Waals surface area contributed by atoms with Crippen LogP contribution >= 0.6 is 0 Å². The Morgan fingerprint density at radius 1 is 1.13 bits per heavy atom. The van der Waals surface area contributed by atoms with Gasteiger partial charge in [-0.2, -0.15) is 0 Å². The molecule has 1 atom stereocenters. The fourth-order valence-corrected chi connectivity index (χ4v) is 4.42. The molecule has 2 heterocycles. The Labute approximate surface area is 184 Å². The first-order chi connectivity index (χ1) is 14.8. The van der Waals surface area contributed by atoms with E-state index < -0.39 is 5.54 Å². The van der Waals surface area contributed by atoms with E-state index in [9.17, 15) is 4.79 Å². The number of methoxy groups -OCH3 is 1. The van der Waals surface area contributed by atoms with E-state index in [2.05, 4.69) is 43.5 Å². The van der Waals surface area contributed by atoms with E-state index in [1.165, 1.54) is 0 Å². The molecule has 0 aliphatic carbocycles. The Kier molecular flexibility index (Phi) is 5.65. The monoisotopic (exact) mass is 420 g/mol. The summed E-state index contributed by atoms with van der Waals surface area (Å²) >= 11 is 0. The fraction of sp³-hybridized carbons (Fsp3) is 0.440. The van der Waals surface area contributed by atoms with Gasteiger partial charge in [0.1, 0.15) is 17.1 Å². The Morgan fingerprint density at radius 3 is 2.58 bits per heavy atom. The molecular weight excluding hydrogens is 388 g/mol. The maximum Gasteiger partial charge on any atom is 0.227 e. The first kappa shape index (κ1) is 21.2. The van der Waals surface area contributed by atoms with E-state index >= 15 is 0 Å². The second kappa shape index (κ2) is 8.25. The molecule has 6 nitrogen and oxygen atoms in total. The van der Waals surface area contributed by atoms with Crippen molar-refractivity contribution in [3.63, 3.8) is 0 Å². The van der Waals surface area contributed by atoms with Gasteiger partial charge in [0.15, 0.2) is 0 Å². The molecule has 2 aromatic rings. The number of fused-ring (bicyclic) bond motifs is 1. The Balaban J connectivity index is 1.62. The molecule has 0 aromatic heterocycles. The van der Waals surface area contributed by atoms with Crippen molar-refractivity contribution < 1.29 is 9.53 Å². The number of hydrogen-bond acceptors (Lipinski definition) is 4. The second-order valence-corrected chi connectivity index (χ2v) is 9.42. The van der Waals surface area contributed by atoms with Gasteiger partial charge < -0.3 is 20.3 Å². The Hall–Kier alpha value is -3.02. The number of nitrogens with one attached hydrogen (secondary N) is 2. The van der Waals surface area contributed by atoms with Crippen LogP contribution in [0.15, 0.2) is 53.5 Å². The number of ether oxygens (including phenoxy) is 1. The maximum atomic E-state index is 13.3. The van der Waals surface area contributed by atoms with Crippen molar-refractivity contribution in [3.05, 3.63) is 54.1 Å². The summed E-state index contributed by atoms with van der Waals surface area (Å²) in [6.45, 7) is 7.63. The number of likely N-dealkylation sites (tertiary alicyclic amines) is 1. The summed E-state index contributed by atoms with van der Waals surface area (Å²) in [5.41, 5.74) is 2.34. The highest BCUT2D eigenvalue weighted by Crippen LogP contribution is 2.37. The number of nitrogens with zero attached hydrogens (tertiary/aromatic N) is 2. The molecule has 1 amide bonds. The zero-order valence-corrected chi connectivity index (χ0v) is 18.9. The van der Waals surface area contributed by atoms with Gasteiger partial charge in [-0.25, -0.2) is 0 Å². The molecule has 31 heavy (non-hydrogen) atoms. The third-order valence-corrected chi connectivity index (χ3v) is 5.83. The average molecular weight is 421 g/mol. The fourth-order valence-electron chi connectivity index (χ4n) is 4.42. The highest BCUT2D eigenvalue weighted by Gasteiger charge is 2.45. The van der Waals surface area contributed by atoms with E-state index in [0.29, 0.717) is 13.0 Å². The highest BCUT2D eigenvalue weighted by molar-refractivity contribution is 6.10. The summed E-state index contributed by atoms with van der Waals surface area (Å²) in [7, 11) is 1.64. The number of amidine groups is 1. The lowest BCUT2D eigenvalue weighted by atomic mass is 9.84. The molecule has 1 fully saturated rings. The molecule has 2 N–H and O–H groups in total. The Morgan fingerprint density at radius 2 is 1.84 bits per heavy atom. The molecule has 164 valence electrons. The number of aliphatic imine (C=N–C) groups is 1. The lowest BCUT2D eigenvalue weighted by molar-refractivity contribution is -0.131. The minimum absolute atomic E-state index is 0.111. The number of para-hydroxylation sites is 3. The van der Waals surface area contributed by atoms with E-state index in [1.807, 2.05) is 41.3 Å². The topological polar surface area (TPSA) is 66.0 Å². The summed E-state index contributed by atoms with van der Waals surface area (Å²) in [5, 5.41) is 7.32. The summed E-state index contributed by atoms with van der Waals surface area (Å²) in [5.74, 6) is 1.77. The first-order valence-electron chi connectivity index (χ1n) is 10.9. The lowest BCUT2D eigenvalue weighted by Gasteiger charge is -2.48. The number of carbonyl (C=O) groups excluding carboxylic acids is 1. The zero-order valence-electron chi connectivity index (χ0n) is 18.9. The molecule has 1 saturated heterocycles. The zero-order chi connectivity index (χ0) is 22.1. The van der Waals surface area contributed by atoms with Crippen LogP contribution in [0.1, 0.15) is 39.2 Å². The molecule has 0 unspecified atom stereocenters. The van der Waals surface area contributed by atoms with E-state index in [4.69, 9.17) is 9.73 Å². The first-order valence-corrected chi connectivity index (χ1v) is 10.9. The standard InChI is InChI=1S/C25H32N4O2/c1-24(2,3)28-23-25(27-20-12-7-6-11-19(20)26-23)14-9-15-29(17-25)22(30)16-18-10-5-8-13-21(18)31-4/h5-8,10-13,27H,9,14-17H2,1-4H3,(H,26,28)/t25-/m0/s1. The smallest absolute Gasteiger partial charge is 0.227 e. The predicted molar refractivity (Wildman–Crippen MR) is 126 cm³/mol. The van der Waals surface area contributed by atoms with Gasteiger partial charge in [-0.1, -0.05) is 30.3 Å². The van der Waals surface area contributed by atoms with Crippen molar-refractivity contribution in [2.24, 2.45) is 4.99 Å². The number of benzene rings is 2.